The second-order valence-electron chi connectivity index (χ2n) is 5.55. The normalized spacial score (nSPS) is 14.1. The van der Waals surface area contributed by atoms with Crippen molar-refractivity contribution in [3.63, 3.8) is 0 Å². The minimum Gasteiger partial charge on any atom is -0.385 e. The highest BCUT2D eigenvalue weighted by molar-refractivity contribution is 5.29. The summed E-state index contributed by atoms with van der Waals surface area (Å²) in [6.45, 7) is 6.85. The predicted octanol–water partition coefficient (Wildman–Crippen LogP) is 4.62. The van der Waals surface area contributed by atoms with E-state index in [-0.39, 0.29) is 6.10 Å². The quantitative estimate of drug-likeness (QED) is 0.838. The molecule has 2 heteroatoms. The van der Waals surface area contributed by atoms with Crippen molar-refractivity contribution >= 4 is 0 Å². The van der Waals surface area contributed by atoms with Gasteiger partial charge in [0.2, 0.25) is 0 Å². The number of hydrogen-bond donors (Lipinski definition) is 1. The largest absolute Gasteiger partial charge is 0.385 e. The smallest absolute Gasteiger partial charge is 0.112 e. The molecule has 0 heterocycles. The Bertz CT molecular complexity index is 531. The first kappa shape index (κ1) is 15.7. The highest BCUT2D eigenvalue weighted by Crippen LogP contribution is 2.32. The summed E-state index contributed by atoms with van der Waals surface area (Å²) in [5.74, 6) is 0.494. The van der Waals surface area contributed by atoms with E-state index in [0.717, 1.165) is 11.1 Å². The molecule has 2 nitrogen and oxygen atoms in total. The van der Waals surface area contributed by atoms with Crippen LogP contribution in [0.3, 0.4) is 0 Å². The zero-order valence-corrected chi connectivity index (χ0v) is 13.0. The summed E-state index contributed by atoms with van der Waals surface area (Å²) in [5, 5.41) is 10.7. The van der Waals surface area contributed by atoms with E-state index < -0.39 is 6.10 Å². The van der Waals surface area contributed by atoms with Crippen LogP contribution in [-0.2, 0) is 4.74 Å². The van der Waals surface area contributed by atoms with Crippen LogP contribution in [0.1, 0.15) is 55.6 Å². The van der Waals surface area contributed by atoms with Crippen molar-refractivity contribution in [2.24, 2.45) is 0 Å². The molecular formula is C19H24O2. The van der Waals surface area contributed by atoms with E-state index in [1.807, 2.05) is 49.4 Å². The minimum absolute atomic E-state index is 0.332. The number of hydrogen-bond acceptors (Lipinski definition) is 2. The second-order valence-corrected chi connectivity index (χ2v) is 5.55. The third-order valence-corrected chi connectivity index (χ3v) is 3.71. The van der Waals surface area contributed by atoms with Crippen LogP contribution in [0.5, 0.6) is 0 Å². The Morgan fingerprint density at radius 3 is 1.95 bits per heavy atom. The Morgan fingerprint density at radius 2 is 1.43 bits per heavy atom. The van der Waals surface area contributed by atoms with Gasteiger partial charge >= 0.3 is 0 Å². The van der Waals surface area contributed by atoms with E-state index in [4.69, 9.17) is 4.74 Å². The van der Waals surface area contributed by atoms with Gasteiger partial charge in [0, 0.05) is 6.61 Å². The molecule has 0 spiro atoms. The van der Waals surface area contributed by atoms with Crippen molar-refractivity contribution in [3.8, 4) is 0 Å². The Kier molecular flexibility index (Phi) is 5.54. The lowest BCUT2D eigenvalue weighted by Crippen LogP contribution is -2.14. The van der Waals surface area contributed by atoms with E-state index in [9.17, 15) is 5.11 Å². The summed E-state index contributed by atoms with van der Waals surface area (Å²) in [6.07, 6.45) is -0.991. The predicted molar refractivity (Wildman–Crippen MR) is 86.3 cm³/mol. The van der Waals surface area contributed by atoms with E-state index in [0.29, 0.717) is 12.5 Å². The Labute approximate surface area is 127 Å². The molecule has 0 saturated carbocycles. The van der Waals surface area contributed by atoms with Gasteiger partial charge < -0.3 is 9.84 Å². The van der Waals surface area contributed by atoms with Crippen LogP contribution in [0.25, 0.3) is 0 Å². The van der Waals surface area contributed by atoms with E-state index >= 15 is 0 Å². The fourth-order valence-electron chi connectivity index (χ4n) is 2.44. The number of benzene rings is 2. The van der Waals surface area contributed by atoms with Crippen LogP contribution in [-0.4, -0.2) is 11.7 Å². The number of rotatable bonds is 6. The molecule has 0 amide bonds. The van der Waals surface area contributed by atoms with Crippen LogP contribution in [0.2, 0.25) is 0 Å². The van der Waals surface area contributed by atoms with Gasteiger partial charge in [-0.15, -0.1) is 0 Å². The molecule has 2 aromatic rings. The summed E-state index contributed by atoms with van der Waals surface area (Å²) < 4.78 is 5.77. The first-order valence-electron chi connectivity index (χ1n) is 7.58. The van der Waals surface area contributed by atoms with Gasteiger partial charge in [-0.25, -0.2) is 0 Å². The van der Waals surface area contributed by atoms with Gasteiger partial charge in [-0.1, -0.05) is 68.4 Å². The van der Waals surface area contributed by atoms with Crippen LogP contribution in [0.4, 0.5) is 0 Å². The van der Waals surface area contributed by atoms with E-state index in [1.165, 1.54) is 5.56 Å². The van der Waals surface area contributed by atoms with Crippen LogP contribution in [0.15, 0.2) is 54.6 Å². The summed E-state index contributed by atoms with van der Waals surface area (Å²) in [7, 11) is 0. The van der Waals surface area contributed by atoms with Crippen molar-refractivity contribution in [1.29, 1.82) is 0 Å². The van der Waals surface area contributed by atoms with Crippen molar-refractivity contribution in [2.75, 3.05) is 6.61 Å². The van der Waals surface area contributed by atoms with Gasteiger partial charge in [0.25, 0.3) is 0 Å². The number of ether oxygens (including phenoxy) is 1. The average Bonchev–Trinajstić information content (AvgIpc) is 2.53. The Hall–Kier alpha value is -1.64. The molecule has 2 aromatic carbocycles. The summed E-state index contributed by atoms with van der Waals surface area (Å²) in [4.78, 5) is 0. The third kappa shape index (κ3) is 3.93. The number of aliphatic hydroxyl groups is 1. The first-order valence-corrected chi connectivity index (χ1v) is 7.58. The highest BCUT2D eigenvalue weighted by Gasteiger charge is 2.23. The standard InChI is InChI=1S/C19H24O2/c1-4-21-19(17-8-6-5-7-9-17)18(20)16-12-10-15(11-13-16)14(2)3/h5-14,18-20H,4H2,1-3H3. The monoisotopic (exact) mass is 284 g/mol. The molecule has 2 unspecified atom stereocenters. The molecule has 1 N–H and O–H groups in total. The highest BCUT2D eigenvalue weighted by atomic mass is 16.5. The molecule has 0 radical (unpaired) electrons. The van der Waals surface area contributed by atoms with Gasteiger partial charge in [-0.3, -0.25) is 0 Å². The van der Waals surface area contributed by atoms with Crippen LogP contribution < -0.4 is 0 Å². The molecule has 0 aliphatic rings. The molecule has 2 atom stereocenters. The van der Waals surface area contributed by atoms with E-state index in [1.54, 1.807) is 0 Å². The average molecular weight is 284 g/mol. The molecule has 2 rings (SSSR count). The molecule has 0 aliphatic heterocycles. The lowest BCUT2D eigenvalue weighted by atomic mass is 9.95. The maximum absolute atomic E-state index is 10.7. The molecular weight excluding hydrogens is 260 g/mol. The Balaban J connectivity index is 2.24. The zero-order valence-electron chi connectivity index (χ0n) is 13.0. The fraction of sp³-hybridized carbons (Fsp3) is 0.368. The molecule has 112 valence electrons. The van der Waals surface area contributed by atoms with Gasteiger partial charge in [0.1, 0.15) is 12.2 Å². The third-order valence-electron chi connectivity index (χ3n) is 3.71. The van der Waals surface area contributed by atoms with Crippen molar-refractivity contribution in [2.45, 2.75) is 38.9 Å². The van der Waals surface area contributed by atoms with Gasteiger partial charge in [-0.2, -0.15) is 0 Å². The van der Waals surface area contributed by atoms with Crippen molar-refractivity contribution < 1.29 is 9.84 Å². The lowest BCUT2D eigenvalue weighted by molar-refractivity contribution is -0.0361. The first-order chi connectivity index (χ1) is 10.1. The second kappa shape index (κ2) is 7.39. The maximum atomic E-state index is 10.7. The van der Waals surface area contributed by atoms with Crippen LogP contribution in [0, 0.1) is 0 Å². The van der Waals surface area contributed by atoms with Crippen LogP contribution >= 0.6 is 0 Å². The molecule has 0 aliphatic carbocycles. The van der Waals surface area contributed by atoms with E-state index in [2.05, 4.69) is 26.0 Å². The summed E-state index contributed by atoms with van der Waals surface area (Å²) in [5.41, 5.74) is 3.17. The fourth-order valence-corrected chi connectivity index (χ4v) is 2.44. The molecule has 0 aromatic heterocycles. The van der Waals surface area contributed by atoms with Gasteiger partial charge in [0.15, 0.2) is 0 Å². The summed E-state index contributed by atoms with van der Waals surface area (Å²) >= 11 is 0. The van der Waals surface area contributed by atoms with Crippen molar-refractivity contribution in [1.82, 2.24) is 0 Å². The van der Waals surface area contributed by atoms with Gasteiger partial charge in [-0.05, 0) is 29.5 Å². The zero-order chi connectivity index (χ0) is 15.2. The van der Waals surface area contributed by atoms with Crippen molar-refractivity contribution in [3.05, 3.63) is 71.3 Å². The topological polar surface area (TPSA) is 29.5 Å². The van der Waals surface area contributed by atoms with Gasteiger partial charge in [0.05, 0.1) is 0 Å². The molecule has 0 saturated heterocycles. The lowest BCUT2D eigenvalue weighted by Gasteiger charge is -2.24. The number of aliphatic hydroxyl groups excluding tert-OH is 1. The minimum atomic E-state index is -0.659. The molecule has 0 bridgehead atoms. The maximum Gasteiger partial charge on any atom is 0.112 e. The molecule has 0 fully saturated rings. The Morgan fingerprint density at radius 1 is 0.857 bits per heavy atom. The molecule has 21 heavy (non-hydrogen) atoms. The summed E-state index contributed by atoms with van der Waals surface area (Å²) in [6, 6.07) is 18.0. The SMILES string of the molecule is CCOC(c1ccccc1)C(O)c1ccc(C(C)C)cc1.